The molecule has 0 radical (unpaired) electrons. The number of ketones is 2. The molecule has 0 atom stereocenters. The topological polar surface area (TPSA) is 66.4 Å². The van der Waals surface area contributed by atoms with Crippen molar-refractivity contribution < 1.29 is 9.59 Å². The second-order valence-corrected chi connectivity index (χ2v) is 10.1. The number of rotatable bonds is 2. The molecule has 39 heavy (non-hydrogen) atoms. The lowest BCUT2D eigenvalue weighted by Crippen LogP contribution is -2.22. The Kier molecular flexibility index (Phi) is 5.30. The maximum Gasteiger partial charge on any atom is 0.197 e. The van der Waals surface area contributed by atoms with Gasteiger partial charge < -0.3 is 4.90 Å². The Labute approximate surface area is 233 Å². The van der Waals surface area contributed by atoms with E-state index in [-0.39, 0.29) is 17.1 Å². The Morgan fingerprint density at radius 2 is 1.23 bits per heavy atom. The lowest BCUT2D eigenvalue weighted by atomic mass is 10.0. The van der Waals surface area contributed by atoms with E-state index >= 15 is 0 Å². The van der Waals surface area contributed by atoms with Crippen molar-refractivity contribution in [2.75, 3.05) is 16.8 Å². The lowest BCUT2D eigenvalue weighted by Gasteiger charge is -2.23. The van der Waals surface area contributed by atoms with E-state index in [0.717, 1.165) is 16.3 Å². The second kappa shape index (κ2) is 8.76. The number of Topliss-reactive ketones (excluding diaryl/α,β-unsaturated/α-hetero) is 2. The smallest absolute Gasteiger partial charge is 0.197 e. The number of allylic oxidation sites excluding steroid dienone is 3. The number of carbonyl (C=O) groups excluding carboxylic acids is 2. The first-order valence-corrected chi connectivity index (χ1v) is 13.0. The average Bonchev–Trinajstić information content (AvgIpc) is 3.33. The van der Waals surface area contributed by atoms with Crippen molar-refractivity contribution >= 4 is 73.9 Å². The molecule has 4 aromatic carbocycles. The maximum absolute atomic E-state index is 13.4. The van der Waals surface area contributed by atoms with E-state index in [4.69, 9.17) is 33.2 Å². The minimum absolute atomic E-state index is 0.0912. The van der Waals surface area contributed by atoms with E-state index in [9.17, 15) is 9.59 Å². The molecule has 2 aliphatic rings. The van der Waals surface area contributed by atoms with Gasteiger partial charge in [-0.05, 0) is 59.3 Å². The van der Waals surface area contributed by atoms with E-state index in [2.05, 4.69) is 0 Å². The third-order valence-electron chi connectivity index (χ3n) is 7.06. The molecular weight excluding hydrogens is 531 g/mol. The number of nitrogens with zero attached hydrogens (tertiary/aromatic N) is 4. The van der Waals surface area contributed by atoms with E-state index in [1.54, 1.807) is 42.5 Å². The number of halogens is 2. The molecule has 2 heterocycles. The second-order valence-electron chi connectivity index (χ2n) is 9.33. The molecule has 1 aromatic heterocycles. The molecule has 0 saturated heterocycles. The van der Waals surface area contributed by atoms with Crippen LogP contribution in [0.15, 0.2) is 102 Å². The highest BCUT2D eigenvalue weighted by atomic mass is 35.5. The molecular formula is C31H18Cl2N4O2. The van der Waals surface area contributed by atoms with Crippen LogP contribution in [0.4, 0.5) is 17.3 Å². The summed E-state index contributed by atoms with van der Waals surface area (Å²) in [5.41, 5.74) is 2.88. The van der Waals surface area contributed by atoms with Crippen molar-refractivity contribution in [3.63, 3.8) is 0 Å². The van der Waals surface area contributed by atoms with E-state index in [1.807, 2.05) is 65.4 Å². The summed E-state index contributed by atoms with van der Waals surface area (Å²) in [6.45, 7) is 0. The first-order chi connectivity index (χ1) is 18.9. The van der Waals surface area contributed by atoms with Gasteiger partial charge in [0.25, 0.3) is 0 Å². The predicted octanol–water partition coefficient (Wildman–Crippen LogP) is 7.52. The monoisotopic (exact) mass is 548 g/mol. The molecule has 1 aliphatic heterocycles. The quantitative estimate of drug-likeness (QED) is 0.168. The summed E-state index contributed by atoms with van der Waals surface area (Å²) in [6.07, 6.45) is 3.27. The maximum atomic E-state index is 13.4. The molecule has 0 fully saturated rings. The van der Waals surface area contributed by atoms with Crippen LogP contribution in [-0.4, -0.2) is 28.6 Å². The Hall–Kier alpha value is -4.52. The van der Waals surface area contributed by atoms with Crippen LogP contribution in [0, 0.1) is 0 Å². The summed E-state index contributed by atoms with van der Waals surface area (Å²) in [5.74, 6) is 1.10. The van der Waals surface area contributed by atoms with Crippen LogP contribution in [0.1, 0.15) is 20.7 Å². The zero-order chi connectivity index (χ0) is 26.8. The normalized spacial score (nSPS) is 15.6. The van der Waals surface area contributed by atoms with Gasteiger partial charge in [-0.1, -0.05) is 65.7 Å². The van der Waals surface area contributed by atoms with Crippen molar-refractivity contribution in [3.8, 4) is 0 Å². The fraction of sp³-hybridized carbons (Fsp3) is 0.0323. The summed E-state index contributed by atoms with van der Waals surface area (Å²) >= 11 is 13.3. The van der Waals surface area contributed by atoms with Gasteiger partial charge in [0.2, 0.25) is 0 Å². The molecule has 188 valence electrons. The Morgan fingerprint density at radius 1 is 0.692 bits per heavy atom. The standard InChI is InChI=1S/C31H18Cl2N4O2/c1-36-26(14-13-19-28(38)20-15-17-7-2-3-8-18(17)16-21(20)29(19)39)37(27-22(32)9-6-10-23(27)33)31-30(36)34-24-11-4-5-12-25(24)35-31/h2-16H,1H3/b26-14+. The van der Waals surface area contributed by atoms with Crippen LogP contribution >= 0.6 is 23.2 Å². The van der Waals surface area contributed by atoms with Crippen LogP contribution in [0.3, 0.4) is 0 Å². The molecule has 7 rings (SSSR count). The number of hydrogen-bond donors (Lipinski definition) is 0. The molecule has 6 nitrogen and oxygen atoms in total. The molecule has 1 aliphatic carbocycles. The van der Waals surface area contributed by atoms with E-state index in [1.165, 1.54) is 0 Å². The summed E-state index contributed by atoms with van der Waals surface area (Å²) in [7, 11) is 1.84. The van der Waals surface area contributed by atoms with Gasteiger partial charge in [-0.2, -0.15) is 0 Å². The Balaban J connectivity index is 1.40. The largest absolute Gasteiger partial charge is 0.312 e. The van der Waals surface area contributed by atoms with E-state index in [0.29, 0.717) is 49.8 Å². The van der Waals surface area contributed by atoms with Crippen molar-refractivity contribution in [2.45, 2.75) is 0 Å². The zero-order valence-corrected chi connectivity index (χ0v) is 22.0. The van der Waals surface area contributed by atoms with Gasteiger partial charge in [-0.3, -0.25) is 14.5 Å². The highest BCUT2D eigenvalue weighted by Gasteiger charge is 2.37. The molecule has 0 N–H and O–H groups in total. The van der Waals surface area contributed by atoms with Gasteiger partial charge in [0, 0.05) is 18.2 Å². The SMILES string of the molecule is CN1/C(=C\C=C2C(=O)c3cc4ccccc4cc3C2=O)N(c2c(Cl)cccc2Cl)c2nc3ccccc3nc21. The van der Waals surface area contributed by atoms with Crippen molar-refractivity contribution in [2.24, 2.45) is 0 Å². The number of hydrogen-bond acceptors (Lipinski definition) is 6. The number of para-hydroxylation sites is 3. The third-order valence-corrected chi connectivity index (χ3v) is 7.67. The fourth-order valence-electron chi connectivity index (χ4n) is 5.15. The molecule has 0 saturated carbocycles. The number of aromatic nitrogens is 2. The summed E-state index contributed by atoms with van der Waals surface area (Å²) in [6, 6.07) is 24.1. The number of fused-ring (bicyclic) bond motifs is 4. The van der Waals surface area contributed by atoms with Gasteiger partial charge in [0.05, 0.1) is 32.3 Å². The van der Waals surface area contributed by atoms with Crippen LogP contribution in [0.5, 0.6) is 0 Å². The van der Waals surface area contributed by atoms with Gasteiger partial charge in [0.15, 0.2) is 23.2 Å². The van der Waals surface area contributed by atoms with Gasteiger partial charge in [0.1, 0.15) is 5.82 Å². The first kappa shape index (κ1) is 23.6. The average molecular weight is 549 g/mol. The van der Waals surface area contributed by atoms with Gasteiger partial charge in [-0.25, -0.2) is 9.97 Å². The summed E-state index contributed by atoms with van der Waals surface area (Å²) in [4.78, 5) is 40.1. The van der Waals surface area contributed by atoms with Gasteiger partial charge in [-0.15, -0.1) is 0 Å². The Bertz CT molecular complexity index is 1890. The molecule has 8 heteroatoms. The summed E-state index contributed by atoms with van der Waals surface area (Å²) < 4.78 is 0. The number of benzene rings is 4. The number of carbonyl (C=O) groups is 2. The zero-order valence-electron chi connectivity index (χ0n) is 20.5. The Morgan fingerprint density at radius 3 is 1.82 bits per heavy atom. The molecule has 0 bridgehead atoms. The molecule has 0 amide bonds. The van der Waals surface area contributed by atoms with Gasteiger partial charge >= 0.3 is 0 Å². The minimum atomic E-state index is -0.305. The fourth-order valence-corrected chi connectivity index (χ4v) is 5.72. The van der Waals surface area contributed by atoms with Crippen LogP contribution in [-0.2, 0) is 0 Å². The predicted molar refractivity (Wildman–Crippen MR) is 155 cm³/mol. The first-order valence-electron chi connectivity index (χ1n) is 12.2. The van der Waals surface area contributed by atoms with Crippen LogP contribution in [0.25, 0.3) is 21.8 Å². The highest BCUT2D eigenvalue weighted by Crippen LogP contribution is 2.48. The van der Waals surface area contributed by atoms with Crippen LogP contribution < -0.4 is 9.80 Å². The summed E-state index contributed by atoms with van der Waals surface area (Å²) in [5, 5.41) is 2.66. The lowest BCUT2D eigenvalue weighted by molar-refractivity contribution is 0.0989. The van der Waals surface area contributed by atoms with Crippen molar-refractivity contribution in [1.29, 1.82) is 0 Å². The van der Waals surface area contributed by atoms with Crippen LogP contribution in [0.2, 0.25) is 10.0 Å². The number of anilines is 3. The molecule has 0 unspecified atom stereocenters. The molecule has 5 aromatic rings. The third kappa shape index (κ3) is 3.56. The highest BCUT2D eigenvalue weighted by molar-refractivity contribution is 6.41. The molecule has 0 spiro atoms. The van der Waals surface area contributed by atoms with Crippen molar-refractivity contribution in [3.05, 3.63) is 124 Å². The van der Waals surface area contributed by atoms with Crippen molar-refractivity contribution in [1.82, 2.24) is 9.97 Å². The minimum Gasteiger partial charge on any atom is -0.312 e. The van der Waals surface area contributed by atoms with E-state index < -0.39 is 0 Å².